The van der Waals surface area contributed by atoms with Crippen molar-refractivity contribution in [1.82, 2.24) is 10.6 Å². The fourth-order valence-electron chi connectivity index (χ4n) is 8.21. The number of phenolic OH excluding ortho intramolecular Hbond substituents is 2. The van der Waals surface area contributed by atoms with Gasteiger partial charge in [-0.3, -0.25) is 24.0 Å². The van der Waals surface area contributed by atoms with Gasteiger partial charge < -0.3 is 60.2 Å². The van der Waals surface area contributed by atoms with Gasteiger partial charge in [0.2, 0.25) is 11.7 Å². The number of carboxylic acids is 1. The number of aliphatic hydroxyl groups is 3. The lowest BCUT2D eigenvalue weighted by Crippen LogP contribution is -2.56. The molecule has 2 aromatic rings. The molecule has 1 heterocycles. The number of aliphatic hydroxyl groups excluding tert-OH is 2. The second kappa shape index (κ2) is 16.5. The quantitative estimate of drug-likeness (QED) is 0.106. The van der Waals surface area contributed by atoms with Gasteiger partial charge in [0, 0.05) is 41.4 Å². The minimum absolute atomic E-state index is 0.0402. The molecule has 2 aromatic carbocycles. The number of ketones is 3. The van der Waals surface area contributed by atoms with Gasteiger partial charge in [-0.2, -0.15) is 0 Å². The first-order valence-corrected chi connectivity index (χ1v) is 18.8. The van der Waals surface area contributed by atoms with Crippen LogP contribution in [0.15, 0.2) is 30.4 Å². The summed E-state index contributed by atoms with van der Waals surface area (Å²) >= 11 is 0. The Labute approximate surface area is 331 Å². The van der Waals surface area contributed by atoms with Crippen molar-refractivity contribution in [3.05, 3.63) is 63.7 Å². The summed E-state index contributed by atoms with van der Waals surface area (Å²) < 4.78 is 23.1. The smallest absolute Gasteiger partial charge is 0.408 e. The van der Waals surface area contributed by atoms with Crippen LogP contribution in [0.2, 0.25) is 0 Å². The summed E-state index contributed by atoms with van der Waals surface area (Å²) in [5.74, 6) is -5.85. The number of allylic oxidation sites excluding steroid dienone is 1. The van der Waals surface area contributed by atoms with Gasteiger partial charge in [-0.05, 0) is 44.7 Å². The van der Waals surface area contributed by atoms with E-state index >= 15 is 0 Å². The highest BCUT2D eigenvalue weighted by Crippen LogP contribution is 2.52. The molecule has 8 N–H and O–H groups in total. The van der Waals surface area contributed by atoms with Crippen molar-refractivity contribution in [1.29, 1.82) is 0 Å². The van der Waals surface area contributed by atoms with Crippen LogP contribution in [-0.4, -0.2) is 122 Å². The Morgan fingerprint density at radius 3 is 2.45 bits per heavy atom. The van der Waals surface area contributed by atoms with Gasteiger partial charge in [-0.1, -0.05) is 25.1 Å². The number of hydrogen-bond donors (Lipinski definition) is 8. The summed E-state index contributed by atoms with van der Waals surface area (Å²) in [5.41, 5.74) is -5.18. The highest BCUT2D eigenvalue weighted by atomic mass is 16.7. The minimum Gasteiger partial charge on any atom is -0.507 e. The maximum absolute atomic E-state index is 14.0. The van der Waals surface area contributed by atoms with E-state index in [9.17, 15) is 54.3 Å². The largest absolute Gasteiger partial charge is 0.507 e. The maximum Gasteiger partial charge on any atom is 0.408 e. The number of aromatic hydroxyl groups is 2. The molecule has 0 saturated carbocycles. The fraction of sp³-hybridized carbons (Fsp3) is 0.500. The van der Waals surface area contributed by atoms with Crippen molar-refractivity contribution in [2.75, 3.05) is 20.3 Å². The summed E-state index contributed by atoms with van der Waals surface area (Å²) in [6.07, 6.45) is -3.55. The molecule has 1 saturated heterocycles. The van der Waals surface area contributed by atoms with Crippen LogP contribution in [-0.2, 0) is 35.0 Å². The van der Waals surface area contributed by atoms with Crippen LogP contribution < -0.4 is 15.4 Å². The molecular weight excluding hydrogens is 764 g/mol. The average molecular weight is 811 g/mol. The zero-order valence-corrected chi connectivity index (χ0v) is 32.0. The summed E-state index contributed by atoms with van der Waals surface area (Å²) in [5, 5.41) is 69.7. The number of Topliss-reactive ketones (excluding diaryl/α,β-unsaturated/α-hetero) is 1. The number of fused-ring (bicyclic) bond motifs is 3. The number of carboxylic acid groups (broad SMARTS) is 1. The molecule has 4 aliphatic rings. The molecule has 0 aromatic heterocycles. The molecule has 1 aliphatic heterocycles. The van der Waals surface area contributed by atoms with E-state index in [2.05, 4.69) is 10.6 Å². The third-order valence-corrected chi connectivity index (χ3v) is 11.5. The third-order valence-electron chi connectivity index (χ3n) is 11.5. The second-order valence-electron chi connectivity index (χ2n) is 15.3. The predicted molar refractivity (Wildman–Crippen MR) is 197 cm³/mol. The van der Waals surface area contributed by atoms with E-state index in [4.69, 9.17) is 24.1 Å². The van der Waals surface area contributed by atoms with Gasteiger partial charge in [0.25, 0.3) is 0 Å². The van der Waals surface area contributed by atoms with Gasteiger partial charge >= 0.3 is 12.1 Å². The highest BCUT2D eigenvalue weighted by Gasteiger charge is 2.50. The summed E-state index contributed by atoms with van der Waals surface area (Å²) in [7, 11) is 1.29. The van der Waals surface area contributed by atoms with E-state index in [-0.39, 0.29) is 47.3 Å². The van der Waals surface area contributed by atoms with Gasteiger partial charge in [0.05, 0.1) is 42.0 Å². The van der Waals surface area contributed by atoms with E-state index in [1.165, 1.54) is 32.2 Å². The van der Waals surface area contributed by atoms with Crippen molar-refractivity contribution in [2.45, 2.75) is 101 Å². The number of nitrogens with one attached hydrogen (secondary N) is 2. The van der Waals surface area contributed by atoms with Crippen molar-refractivity contribution in [2.24, 2.45) is 5.41 Å². The van der Waals surface area contributed by atoms with E-state index in [0.717, 1.165) is 0 Å². The van der Waals surface area contributed by atoms with Crippen LogP contribution in [0.1, 0.15) is 101 Å². The van der Waals surface area contributed by atoms with E-state index in [1.807, 2.05) is 0 Å². The number of carbonyl (C=O) groups is 6. The molecule has 6 rings (SSSR count). The molecule has 8 atom stereocenters. The Hall–Kier alpha value is -5.40. The molecule has 1 fully saturated rings. The number of aliphatic carboxylic acids is 1. The lowest BCUT2D eigenvalue weighted by molar-refractivity contribution is -0.249. The lowest BCUT2D eigenvalue weighted by atomic mass is 9.72. The Kier molecular flexibility index (Phi) is 12.0. The number of methoxy groups -OCH3 is 1. The predicted octanol–water partition coefficient (Wildman–Crippen LogP) is 1.47. The Morgan fingerprint density at radius 1 is 1.03 bits per heavy atom. The van der Waals surface area contributed by atoms with Crippen molar-refractivity contribution in [3.8, 4) is 17.2 Å². The fourth-order valence-corrected chi connectivity index (χ4v) is 8.21. The van der Waals surface area contributed by atoms with Crippen molar-refractivity contribution >= 4 is 35.3 Å². The van der Waals surface area contributed by atoms with E-state index < -0.39 is 132 Å². The first-order chi connectivity index (χ1) is 27.4. The minimum atomic E-state index is -2.38. The normalized spacial score (nSPS) is 29.7. The zero-order valence-electron chi connectivity index (χ0n) is 32.0. The van der Waals surface area contributed by atoms with Crippen LogP contribution >= 0.6 is 0 Å². The summed E-state index contributed by atoms with van der Waals surface area (Å²) in [6, 6.07) is 3.20. The Morgan fingerprint density at radius 2 is 1.76 bits per heavy atom. The monoisotopic (exact) mass is 810 g/mol. The molecular formula is C40H46N2O16. The highest BCUT2D eigenvalue weighted by molar-refractivity contribution is 6.31. The van der Waals surface area contributed by atoms with Crippen LogP contribution in [0.25, 0.3) is 0 Å². The molecule has 18 nitrogen and oxygen atoms in total. The molecule has 18 heteroatoms. The lowest BCUT2D eigenvalue weighted by Gasteiger charge is -2.42. The van der Waals surface area contributed by atoms with Gasteiger partial charge in [0.1, 0.15) is 48.2 Å². The van der Waals surface area contributed by atoms with E-state index in [0.29, 0.717) is 12.8 Å². The summed E-state index contributed by atoms with van der Waals surface area (Å²) in [6.45, 7) is 1.55. The first-order valence-electron chi connectivity index (χ1n) is 18.8. The first kappa shape index (κ1) is 42.2. The zero-order chi connectivity index (χ0) is 42.3. The Balaban J connectivity index is 1.24. The number of rotatable bonds is 10. The van der Waals surface area contributed by atoms with Gasteiger partial charge in [-0.15, -0.1) is 0 Å². The van der Waals surface area contributed by atoms with Gasteiger partial charge in [-0.25, -0.2) is 4.79 Å². The SMILES string of the molecule is COc1cccc2c1C(=O)c1c(O)c3c(c(O)c1C2=O)C[C@@](O)(C(=O)CO)C[C@@H]3O[C@H]1CC(NC(=O)O[C@@H]2/C=C/CC[C@](C)(C(=O)NCC(=O)O)CC2)[C@@H](O)C(C)O1. The third kappa shape index (κ3) is 7.89. The average Bonchev–Trinajstić information content (AvgIpc) is 3.18. The molecule has 2 unspecified atom stereocenters. The number of phenols is 2. The van der Waals surface area contributed by atoms with E-state index in [1.54, 1.807) is 19.1 Å². The number of benzene rings is 2. The molecule has 0 radical (unpaired) electrons. The van der Waals surface area contributed by atoms with Crippen molar-refractivity contribution in [3.63, 3.8) is 0 Å². The molecule has 3 aliphatic carbocycles. The molecule has 58 heavy (non-hydrogen) atoms. The number of alkyl carbamates (subject to hydrolysis) is 1. The standard InChI is InChI=1S/C40H46N2O16/c1-18-32(47)22(42-38(53)57-19-7-4-5-11-39(2,12-10-19)37(52)41-16-26(45)46)13-27(56-18)58-24-15-40(54,25(44)17-43)14-21-29(24)36(51)31-30(34(21)49)33(48)20-8-6-9-23(55-3)28(20)35(31)50/h4,6-9,18-19,22,24,27,32,43,47,49,51,54H,5,10-17H2,1-3H3,(H,41,52)(H,42,53)(H,45,46)/b7-4+/t18?,19-,22?,24+,27+,32+,39+,40+/m1/s1. The summed E-state index contributed by atoms with van der Waals surface area (Å²) in [4.78, 5) is 77.7. The molecule has 2 amide bonds. The number of amides is 2. The van der Waals surface area contributed by atoms with Crippen molar-refractivity contribution < 1.29 is 78.4 Å². The van der Waals surface area contributed by atoms with Crippen LogP contribution in [0, 0.1) is 5.41 Å². The van der Waals surface area contributed by atoms with Gasteiger partial charge in [0.15, 0.2) is 17.9 Å². The van der Waals surface area contributed by atoms with Crippen LogP contribution in [0.3, 0.4) is 0 Å². The molecule has 0 bridgehead atoms. The second-order valence-corrected chi connectivity index (χ2v) is 15.3. The topological polar surface area (TPSA) is 285 Å². The molecule has 0 spiro atoms. The number of ether oxygens (including phenoxy) is 4. The van der Waals surface area contributed by atoms with Crippen LogP contribution in [0.4, 0.5) is 4.79 Å². The number of carbonyl (C=O) groups excluding carboxylic acids is 5. The Bertz CT molecular complexity index is 2070. The van der Waals surface area contributed by atoms with Crippen LogP contribution in [0.5, 0.6) is 17.2 Å². The maximum atomic E-state index is 14.0. The number of hydrogen-bond acceptors (Lipinski definition) is 15. The molecule has 312 valence electrons.